The zero-order valence-corrected chi connectivity index (χ0v) is 11.0. The number of halogens is 1. The molecule has 0 spiro atoms. The van der Waals surface area contributed by atoms with Gasteiger partial charge in [-0.15, -0.1) is 0 Å². The molecule has 4 nitrogen and oxygen atoms in total. The molecule has 2 unspecified atom stereocenters. The molecule has 1 aliphatic heterocycles. The summed E-state index contributed by atoms with van der Waals surface area (Å²) in [6.07, 6.45) is -0.0857. The van der Waals surface area contributed by atoms with E-state index in [4.69, 9.17) is 0 Å². The van der Waals surface area contributed by atoms with E-state index >= 15 is 0 Å². The summed E-state index contributed by atoms with van der Waals surface area (Å²) in [7, 11) is 0. The van der Waals surface area contributed by atoms with E-state index < -0.39 is 6.10 Å². The number of carbonyl (C=O) groups is 1. The van der Waals surface area contributed by atoms with Crippen LogP contribution in [0.1, 0.15) is 25.0 Å². The Morgan fingerprint density at radius 1 is 1.58 bits per heavy atom. The molecular formula is C14H19FN2O2. The van der Waals surface area contributed by atoms with Crippen LogP contribution >= 0.6 is 0 Å². The lowest BCUT2D eigenvalue weighted by atomic mass is 10.1. The second-order valence-electron chi connectivity index (χ2n) is 4.78. The van der Waals surface area contributed by atoms with Crippen molar-refractivity contribution < 1.29 is 14.3 Å². The topological polar surface area (TPSA) is 52.6 Å². The molecule has 2 atom stereocenters. The van der Waals surface area contributed by atoms with E-state index in [1.807, 2.05) is 11.8 Å². The van der Waals surface area contributed by atoms with Gasteiger partial charge in [-0.1, -0.05) is 19.1 Å². The molecule has 19 heavy (non-hydrogen) atoms. The maximum Gasteiger partial charge on any atom is 0.237 e. The van der Waals surface area contributed by atoms with E-state index in [-0.39, 0.29) is 17.8 Å². The minimum absolute atomic E-state index is 0.000178. The summed E-state index contributed by atoms with van der Waals surface area (Å²) < 4.78 is 13.1. The lowest BCUT2D eigenvalue weighted by Crippen LogP contribution is -2.55. The number of carbonyl (C=O) groups excluding carboxylic acids is 1. The fraction of sp³-hybridized carbons (Fsp3) is 0.500. The van der Waals surface area contributed by atoms with Crippen LogP contribution < -0.4 is 5.32 Å². The predicted octanol–water partition coefficient (Wildman–Crippen LogP) is 1.07. The largest absolute Gasteiger partial charge is 0.387 e. The highest BCUT2D eigenvalue weighted by molar-refractivity contribution is 5.82. The molecule has 1 saturated heterocycles. The van der Waals surface area contributed by atoms with Gasteiger partial charge in [-0.3, -0.25) is 9.69 Å². The quantitative estimate of drug-likeness (QED) is 0.857. The number of amides is 1. The van der Waals surface area contributed by atoms with Crippen molar-refractivity contribution in [3.8, 4) is 0 Å². The number of piperazine rings is 1. The molecule has 1 fully saturated rings. The Kier molecular flexibility index (Phi) is 4.50. The highest BCUT2D eigenvalue weighted by atomic mass is 19.1. The van der Waals surface area contributed by atoms with Crippen molar-refractivity contribution in [2.75, 3.05) is 19.6 Å². The third-order valence-corrected chi connectivity index (χ3v) is 3.47. The molecule has 0 radical (unpaired) electrons. The number of aliphatic hydroxyl groups is 1. The van der Waals surface area contributed by atoms with Crippen molar-refractivity contribution >= 4 is 5.91 Å². The van der Waals surface area contributed by atoms with Gasteiger partial charge >= 0.3 is 0 Å². The van der Waals surface area contributed by atoms with E-state index in [0.717, 1.165) is 0 Å². The maximum atomic E-state index is 13.1. The first-order chi connectivity index (χ1) is 9.11. The first kappa shape index (κ1) is 14.0. The molecule has 2 rings (SSSR count). The van der Waals surface area contributed by atoms with Gasteiger partial charge in [0.2, 0.25) is 5.91 Å². The summed E-state index contributed by atoms with van der Waals surface area (Å²) in [6, 6.07) is 5.74. The first-order valence-corrected chi connectivity index (χ1v) is 6.57. The first-order valence-electron chi connectivity index (χ1n) is 6.57. The van der Waals surface area contributed by atoms with Gasteiger partial charge in [0.15, 0.2) is 0 Å². The molecule has 2 N–H and O–H groups in total. The molecule has 0 aliphatic carbocycles. The van der Waals surface area contributed by atoms with Crippen molar-refractivity contribution in [3.05, 3.63) is 35.6 Å². The zero-order valence-electron chi connectivity index (χ0n) is 11.0. The highest BCUT2D eigenvalue weighted by Gasteiger charge is 2.29. The summed E-state index contributed by atoms with van der Waals surface area (Å²) in [5.74, 6) is -0.361. The smallest absolute Gasteiger partial charge is 0.237 e. The number of hydrogen-bond donors (Lipinski definition) is 2. The fourth-order valence-electron chi connectivity index (χ4n) is 2.47. The second kappa shape index (κ2) is 6.12. The van der Waals surface area contributed by atoms with E-state index in [0.29, 0.717) is 31.6 Å². The Morgan fingerprint density at radius 3 is 3.05 bits per heavy atom. The van der Waals surface area contributed by atoms with Crippen molar-refractivity contribution in [3.63, 3.8) is 0 Å². The minimum atomic E-state index is -0.782. The third kappa shape index (κ3) is 3.30. The molecule has 5 heteroatoms. The van der Waals surface area contributed by atoms with E-state index in [2.05, 4.69) is 5.32 Å². The van der Waals surface area contributed by atoms with Crippen molar-refractivity contribution in [2.45, 2.75) is 25.5 Å². The molecule has 1 aromatic carbocycles. The van der Waals surface area contributed by atoms with Gasteiger partial charge in [-0.2, -0.15) is 0 Å². The number of hydrogen-bond acceptors (Lipinski definition) is 3. The highest BCUT2D eigenvalue weighted by Crippen LogP contribution is 2.18. The average Bonchev–Trinajstić information content (AvgIpc) is 2.39. The van der Waals surface area contributed by atoms with Crippen molar-refractivity contribution in [2.24, 2.45) is 0 Å². The van der Waals surface area contributed by atoms with Gasteiger partial charge in [0.05, 0.1) is 12.1 Å². The van der Waals surface area contributed by atoms with Crippen LogP contribution in [0.15, 0.2) is 24.3 Å². The summed E-state index contributed by atoms with van der Waals surface area (Å²) in [4.78, 5) is 13.7. The van der Waals surface area contributed by atoms with Gasteiger partial charge < -0.3 is 10.4 Å². The lowest BCUT2D eigenvalue weighted by Gasteiger charge is -2.35. The number of aliphatic hydroxyl groups excluding tert-OH is 1. The number of benzene rings is 1. The van der Waals surface area contributed by atoms with Crippen LogP contribution in [0.25, 0.3) is 0 Å². The molecule has 1 amide bonds. The summed E-state index contributed by atoms with van der Waals surface area (Å²) in [5.41, 5.74) is 0.542. The van der Waals surface area contributed by atoms with Crippen molar-refractivity contribution in [1.82, 2.24) is 10.2 Å². The number of rotatable bonds is 4. The Bertz CT molecular complexity index is 453. The summed E-state index contributed by atoms with van der Waals surface area (Å²) in [5, 5.41) is 13.0. The SMILES string of the molecule is CCC1C(=O)NCCN1CC(O)c1cccc(F)c1. The normalized spacial score (nSPS) is 22.1. The van der Waals surface area contributed by atoms with Crippen LogP contribution in [-0.4, -0.2) is 41.6 Å². The van der Waals surface area contributed by atoms with Crippen LogP contribution in [0.5, 0.6) is 0 Å². The van der Waals surface area contributed by atoms with Crippen LogP contribution in [0, 0.1) is 5.82 Å². The molecule has 1 heterocycles. The fourth-order valence-corrected chi connectivity index (χ4v) is 2.47. The summed E-state index contributed by atoms with van der Waals surface area (Å²) in [6.45, 7) is 3.58. The van der Waals surface area contributed by atoms with Gasteiger partial charge in [0.1, 0.15) is 5.82 Å². The van der Waals surface area contributed by atoms with Crippen LogP contribution in [0.3, 0.4) is 0 Å². The molecule has 1 aliphatic rings. The average molecular weight is 266 g/mol. The Labute approximate surface area is 112 Å². The Hall–Kier alpha value is -1.46. The minimum Gasteiger partial charge on any atom is -0.387 e. The number of β-amino-alcohol motifs (C(OH)–C–C–N with tert-alkyl or cyclic N) is 1. The number of nitrogens with one attached hydrogen (secondary N) is 1. The van der Waals surface area contributed by atoms with Crippen LogP contribution in [-0.2, 0) is 4.79 Å². The Balaban J connectivity index is 2.05. The predicted molar refractivity (Wildman–Crippen MR) is 70.0 cm³/mol. The lowest BCUT2D eigenvalue weighted by molar-refractivity contribution is -0.129. The maximum absolute atomic E-state index is 13.1. The monoisotopic (exact) mass is 266 g/mol. The molecular weight excluding hydrogens is 247 g/mol. The zero-order chi connectivity index (χ0) is 13.8. The van der Waals surface area contributed by atoms with E-state index in [1.165, 1.54) is 12.1 Å². The standard InChI is InChI=1S/C14H19FN2O2/c1-2-12-14(19)16-6-7-17(12)9-13(18)10-4-3-5-11(15)8-10/h3-5,8,12-13,18H,2,6-7,9H2,1H3,(H,16,19). The molecule has 0 saturated carbocycles. The molecule has 0 bridgehead atoms. The van der Waals surface area contributed by atoms with E-state index in [9.17, 15) is 14.3 Å². The van der Waals surface area contributed by atoms with Gasteiger partial charge in [0, 0.05) is 19.6 Å². The second-order valence-corrected chi connectivity index (χ2v) is 4.78. The van der Waals surface area contributed by atoms with Gasteiger partial charge in [-0.05, 0) is 24.1 Å². The van der Waals surface area contributed by atoms with Crippen molar-refractivity contribution in [1.29, 1.82) is 0 Å². The van der Waals surface area contributed by atoms with Gasteiger partial charge in [-0.25, -0.2) is 4.39 Å². The Morgan fingerprint density at radius 2 is 2.37 bits per heavy atom. The van der Waals surface area contributed by atoms with E-state index in [1.54, 1.807) is 12.1 Å². The van der Waals surface area contributed by atoms with Gasteiger partial charge in [0.25, 0.3) is 0 Å². The molecule has 104 valence electrons. The summed E-state index contributed by atoms with van der Waals surface area (Å²) >= 11 is 0. The third-order valence-electron chi connectivity index (χ3n) is 3.47. The number of nitrogens with zero attached hydrogens (tertiary/aromatic N) is 1. The van der Waals surface area contributed by atoms with Crippen LogP contribution in [0.2, 0.25) is 0 Å². The molecule has 1 aromatic rings. The van der Waals surface area contributed by atoms with Crippen LogP contribution in [0.4, 0.5) is 4.39 Å². The molecule has 0 aromatic heterocycles.